The molecule has 1 aromatic heterocycles. The van der Waals surface area contributed by atoms with Gasteiger partial charge in [-0.2, -0.15) is 0 Å². The normalized spacial score (nSPS) is 16.1. The smallest absolute Gasteiger partial charge is 0.258 e. The number of aliphatic hydroxyl groups excluding tert-OH is 1. The molecule has 2 heterocycles. The van der Waals surface area contributed by atoms with Gasteiger partial charge in [-0.3, -0.25) is 9.59 Å². The fraction of sp³-hybridized carbons (Fsp3) is 0.267. The minimum Gasteiger partial charge on any atom is -0.393 e. The highest BCUT2D eigenvalue weighted by Crippen LogP contribution is 2.34. The van der Waals surface area contributed by atoms with E-state index in [0.717, 1.165) is 61.1 Å². The Morgan fingerprint density at radius 2 is 1.57 bits per heavy atom. The third-order valence-electron chi connectivity index (χ3n) is 7.29. The number of piperidine rings is 1. The number of nitrogens with one attached hydrogen (secondary N) is 2. The lowest BCUT2D eigenvalue weighted by Crippen LogP contribution is -2.35. The molecule has 0 atom stereocenters. The Balaban J connectivity index is 1.13. The number of benzene rings is 3. The number of hydrogen-bond acceptors (Lipinski definition) is 4. The van der Waals surface area contributed by atoms with Gasteiger partial charge in [0, 0.05) is 64.4 Å². The molecule has 188 valence electrons. The van der Waals surface area contributed by atoms with Crippen LogP contribution in [0.4, 0.5) is 17.1 Å². The van der Waals surface area contributed by atoms with Crippen LogP contribution in [0.15, 0.2) is 79.0 Å². The summed E-state index contributed by atoms with van der Waals surface area (Å²) in [5.74, 6) is -0.186. The van der Waals surface area contributed by atoms with Gasteiger partial charge in [0.1, 0.15) is 0 Å². The molecule has 6 rings (SSSR count). The van der Waals surface area contributed by atoms with Gasteiger partial charge >= 0.3 is 0 Å². The average molecular weight is 495 g/mol. The Morgan fingerprint density at radius 3 is 2.27 bits per heavy atom. The number of carbonyl (C=O) groups is 2. The fourth-order valence-electron chi connectivity index (χ4n) is 5.01. The quantitative estimate of drug-likeness (QED) is 0.344. The minimum absolute atomic E-state index is 0.00862. The number of carbonyl (C=O) groups excluding carboxylic acids is 2. The number of fused-ring (bicyclic) bond motifs is 1. The topological polar surface area (TPSA) is 88.7 Å². The zero-order chi connectivity index (χ0) is 25.4. The Morgan fingerprint density at radius 1 is 0.865 bits per heavy atom. The summed E-state index contributed by atoms with van der Waals surface area (Å²) >= 11 is 0. The third kappa shape index (κ3) is 4.95. The largest absolute Gasteiger partial charge is 0.393 e. The van der Waals surface area contributed by atoms with Crippen molar-refractivity contribution in [1.82, 2.24) is 4.98 Å². The van der Waals surface area contributed by atoms with Crippen molar-refractivity contribution in [1.29, 1.82) is 0 Å². The minimum atomic E-state index is -0.212. The molecule has 1 saturated heterocycles. The number of H-pyrrole nitrogens is 1. The lowest BCUT2D eigenvalue weighted by molar-refractivity contribution is 0.0983. The first kappa shape index (κ1) is 23.3. The second kappa shape index (κ2) is 9.75. The van der Waals surface area contributed by atoms with Crippen LogP contribution in [0.25, 0.3) is 10.9 Å². The third-order valence-corrected chi connectivity index (χ3v) is 7.29. The molecule has 1 aliphatic heterocycles. The van der Waals surface area contributed by atoms with Crippen LogP contribution in [0.5, 0.6) is 0 Å². The molecule has 0 unspecified atom stereocenters. The number of rotatable bonds is 6. The van der Waals surface area contributed by atoms with Crippen LogP contribution >= 0.6 is 0 Å². The number of anilines is 3. The van der Waals surface area contributed by atoms with E-state index >= 15 is 0 Å². The fourth-order valence-corrected chi connectivity index (χ4v) is 5.01. The summed E-state index contributed by atoms with van der Waals surface area (Å²) in [5, 5.41) is 13.7. The second-order valence-electron chi connectivity index (χ2n) is 9.95. The summed E-state index contributed by atoms with van der Waals surface area (Å²) in [4.78, 5) is 33.5. The van der Waals surface area contributed by atoms with Crippen molar-refractivity contribution in [2.75, 3.05) is 28.2 Å². The molecule has 4 aromatic rings. The molecule has 37 heavy (non-hydrogen) atoms. The molecule has 1 aliphatic carbocycles. The van der Waals surface area contributed by atoms with Crippen molar-refractivity contribution in [3.8, 4) is 0 Å². The summed E-state index contributed by atoms with van der Waals surface area (Å²) in [6, 6.07) is 23.0. The molecule has 2 aliphatic rings. The number of nitrogens with zero attached hydrogens (tertiary/aromatic N) is 2. The first-order valence-corrected chi connectivity index (χ1v) is 12.9. The van der Waals surface area contributed by atoms with Crippen LogP contribution in [0, 0.1) is 0 Å². The van der Waals surface area contributed by atoms with Crippen LogP contribution in [0.2, 0.25) is 0 Å². The SMILES string of the molecule is O=C(Nc1ccc(N(C(=O)c2ccc3[nH]ccc3c2)C2CC2)cc1)c1ccc(N2CCC(O)CC2)cc1. The van der Waals surface area contributed by atoms with Crippen LogP contribution in [-0.2, 0) is 0 Å². The lowest BCUT2D eigenvalue weighted by Gasteiger charge is -2.31. The molecule has 3 N–H and O–H groups in total. The molecule has 0 radical (unpaired) electrons. The Labute approximate surface area is 215 Å². The van der Waals surface area contributed by atoms with Crippen molar-refractivity contribution in [2.45, 2.75) is 37.8 Å². The summed E-state index contributed by atoms with van der Waals surface area (Å²) in [7, 11) is 0. The standard InChI is InChI=1S/C30H30N4O3/c35-27-14-17-33(18-15-27)24-6-1-20(2-7-24)29(36)32-23-4-8-25(9-5-23)34(26-10-11-26)30(37)22-3-12-28-21(19-22)13-16-31-28/h1-9,12-13,16,19,26-27,31,35H,10-11,14-15,17-18H2,(H,32,36). The molecule has 3 aromatic carbocycles. The van der Waals surface area contributed by atoms with Gasteiger partial charge in [0.15, 0.2) is 0 Å². The Kier molecular flexibility index (Phi) is 6.14. The molecule has 7 nitrogen and oxygen atoms in total. The van der Waals surface area contributed by atoms with E-state index in [9.17, 15) is 14.7 Å². The van der Waals surface area contributed by atoms with E-state index in [-0.39, 0.29) is 24.0 Å². The van der Waals surface area contributed by atoms with E-state index < -0.39 is 0 Å². The van der Waals surface area contributed by atoms with Gasteiger partial charge in [0.2, 0.25) is 0 Å². The van der Waals surface area contributed by atoms with Gasteiger partial charge in [-0.15, -0.1) is 0 Å². The van der Waals surface area contributed by atoms with Gasteiger partial charge in [0.05, 0.1) is 6.10 Å². The van der Waals surface area contributed by atoms with Gasteiger partial charge in [-0.1, -0.05) is 0 Å². The number of aromatic amines is 1. The number of amides is 2. The highest BCUT2D eigenvalue weighted by Gasteiger charge is 2.34. The van der Waals surface area contributed by atoms with E-state index in [0.29, 0.717) is 16.8 Å². The number of hydrogen-bond donors (Lipinski definition) is 3. The van der Waals surface area contributed by atoms with E-state index in [1.807, 2.05) is 83.9 Å². The molecule has 2 amide bonds. The van der Waals surface area contributed by atoms with Gasteiger partial charge < -0.3 is 25.2 Å². The maximum absolute atomic E-state index is 13.4. The summed E-state index contributed by atoms with van der Waals surface area (Å²) in [6.07, 6.45) is 5.18. The maximum Gasteiger partial charge on any atom is 0.258 e. The molecule has 2 fully saturated rings. The van der Waals surface area contributed by atoms with Gasteiger partial charge in [-0.25, -0.2) is 0 Å². The summed E-state index contributed by atoms with van der Waals surface area (Å²) < 4.78 is 0. The zero-order valence-electron chi connectivity index (χ0n) is 20.6. The number of aromatic nitrogens is 1. The molecular formula is C30H30N4O3. The van der Waals surface area contributed by atoms with Crippen LogP contribution in [0.3, 0.4) is 0 Å². The van der Waals surface area contributed by atoms with E-state index in [1.54, 1.807) is 0 Å². The van der Waals surface area contributed by atoms with Crippen molar-refractivity contribution in [3.05, 3.63) is 90.1 Å². The molecule has 7 heteroatoms. The first-order valence-electron chi connectivity index (χ1n) is 12.9. The van der Waals surface area contributed by atoms with Crippen LogP contribution in [0.1, 0.15) is 46.4 Å². The molecular weight excluding hydrogens is 464 g/mol. The first-order chi connectivity index (χ1) is 18.0. The lowest BCUT2D eigenvalue weighted by atomic mass is 10.1. The van der Waals surface area contributed by atoms with Crippen LogP contribution < -0.4 is 15.1 Å². The average Bonchev–Trinajstić information content (AvgIpc) is 3.65. The Bertz CT molecular complexity index is 1420. The van der Waals surface area contributed by atoms with Crippen molar-refractivity contribution in [2.24, 2.45) is 0 Å². The van der Waals surface area contributed by atoms with Crippen LogP contribution in [-0.4, -0.2) is 47.1 Å². The van der Waals surface area contributed by atoms with E-state index in [1.165, 1.54) is 0 Å². The predicted octanol–water partition coefficient (Wildman–Crippen LogP) is 5.19. The predicted molar refractivity (Wildman–Crippen MR) is 146 cm³/mol. The maximum atomic E-state index is 13.4. The summed E-state index contributed by atoms with van der Waals surface area (Å²) in [5.41, 5.74) is 4.83. The second-order valence-corrected chi connectivity index (χ2v) is 9.95. The van der Waals surface area contributed by atoms with Gasteiger partial charge in [-0.05, 0) is 98.5 Å². The van der Waals surface area contributed by atoms with Crippen molar-refractivity contribution >= 4 is 39.8 Å². The molecule has 0 spiro atoms. The number of aliphatic hydroxyl groups is 1. The van der Waals surface area contributed by atoms with Crippen molar-refractivity contribution < 1.29 is 14.7 Å². The van der Waals surface area contributed by atoms with E-state index in [2.05, 4.69) is 15.2 Å². The molecule has 0 bridgehead atoms. The van der Waals surface area contributed by atoms with Crippen molar-refractivity contribution in [3.63, 3.8) is 0 Å². The van der Waals surface area contributed by atoms with Gasteiger partial charge in [0.25, 0.3) is 11.8 Å². The zero-order valence-corrected chi connectivity index (χ0v) is 20.6. The monoisotopic (exact) mass is 494 g/mol. The molecule has 1 saturated carbocycles. The highest BCUT2D eigenvalue weighted by molar-refractivity contribution is 6.09. The summed E-state index contributed by atoms with van der Waals surface area (Å²) in [6.45, 7) is 1.64. The van der Waals surface area contributed by atoms with E-state index in [4.69, 9.17) is 0 Å². The highest BCUT2D eigenvalue weighted by atomic mass is 16.3. The Hall–Kier alpha value is -4.10.